The van der Waals surface area contributed by atoms with Crippen molar-refractivity contribution in [3.63, 3.8) is 0 Å². The molecule has 2 heterocycles. The Morgan fingerprint density at radius 1 is 0.750 bits per heavy atom. The Hall–Kier alpha value is -2.53. The molecule has 0 N–H and O–H groups in total. The van der Waals surface area contributed by atoms with Gasteiger partial charge in [-0.15, -0.1) is 0 Å². The highest BCUT2D eigenvalue weighted by Gasteiger charge is 2.46. The second-order valence-electron chi connectivity index (χ2n) is 7.48. The van der Waals surface area contributed by atoms with Crippen LogP contribution in [0, 0.1) is 0 Å². The van der Waals surface area contributed by atoms with Gasteiger partial charge < -0.3 is 4.74 Å². The van der Waals surface area contributed by atoms with E-state index in [2.05, 4.69) is 0 Å². The van der Waals surface area contributed by atoms with Crippen molar-refractivity contribution in [1.82, 2.24) is 4.90 Å². The van der Waals surface area contributed by atoms with E-state index >= 15 is 0 Å². The van der Waals surface area contributed by atoms with E-state index in [-0.39, 0.29) is 23.9 Å². The van der Waals surface area contributed by atoms with Crippen LogP contribution in [0.3, 0.4) is 0 Å². The summed E-state index contributed by atoms with van der Waals surface area (Å²) in [5, 5.41) is 0. The minimum absolute atomic E-state index is 0.0170. The quantitative estimate of drug-likeness (QED) is 0.358. The first-order chi connectivity index (χ1) is 14.8. The van der Waals surface area contributed by atoms with E-state index in [0.29, 0.717) is 12.1 Å². The number of fused-ring (bicyclic) bond motifs is 1. The summed E-state index contributed by atoms with van der Waals surface area (Å²) in [5.41, 5.74) is -4.27. The Labute approximate surface area is 175 Å². The van der Waals surface area contributed by atoms with Crippen molar-refractivity contribution >= 4 is 0 Å². The van der Waals surface area contributed by atoms with Crippen molar-refractivity contribution in [3.05, 3.63) is 82.4 Å². The maximum Gasteiger partial charge on any atom is 0.416 e. The normalized spacial score (nSPS) is 24.2. The van der Waals surface area contributed by atoms with E-state index in [0.717, 1.165) is 6.07 Å². The Bertz CT molecular complexity index is 1010. The van der Waals surface area contributed by atoms with Crippen LogP contribution < -0.4 is 0 Å². The number of rotatable bonds is 2. The summed E-state index contributed by atoms with van der Waals surface area (Å²) in [7, 11) is 0. The highest BCUT2D eigenvalue weighted by Crippen LogP contribution is 2.46. The van der Waals surface area contributed by atoms with E-state index in [1.54, 1.807) is 0 Å². The lowest BCUT2D eigenvalue weighted by molar-refractivity contribution is -0.143. The summed E-state index contributed by atoms with van der Waals surface area (Å²) in [4.78, 5) is 1.46. The predicted octanol–water partition coefficient (Wildman–Crippen LogP) is 6.75. The first-order valence-corrected chi connectivity index (χ1v) is 9.28. The molecule has 0 unspecified atom stereocenters. The van der Waals surface area contributed by atoms with Crippen LogP contribution in [0.25, 0.3) is 0 Å². The van der Waals surface area contributed by atoms with Crippen LogP contribution in [0.4, 0.5) is 39.5 Å². The average molecular weight is 467 g/mol. The number of benzene rings is 2. The van der Waals surface area contributed by atoms with Crippen LogP contribution in [-0.2, 0) is 23.3 Å². The number of alkyl halides is 9. The molecule has 4 rings (SSSR count). The lowest BCUT2D eigenvalue weighted by Gasteiger charge is -2.26. The fourth-order valence-corrected chi connectivity index (χ4v) is 4.06. The van der Waals surface area contributed by atoms with Gasteiger partial charge in [-0.05, 0) is 35.4 Å². The smallest absolute Gasteiger partial charge is 0.356 e. The SMILES string of the molecule is FC(F)(F)c1cc([C@H]2OCN3[C@H](c4ccccc4C(F)(F)F)C=C[C@@H]23)cc(C(F)(F)F)c1. The molecule has 0 bridgehead atoms. The van der Waals surface area contributed by atoms with Crippen molar-refractivity contribution in [1.29, 1.82) is 0 Å². The molecule has 2 nitrogen and oxygen atoms in total. The zero-order chi connectivity index (χ0) is 23.5. The van der Waals surface area contributed by atoms with Crippen LogP contribution >= 0.6 is 0 Å². The van der Waals surface area contributed by atoms with Gasteiger partial charge in [0.15, 0.2) is 0 Å². The molecule has 2 aliphatic rings. The second kappa shape index (κ2) is 7.51. The third-order valence-corrected chi connectivity index (χ3v) is 5.47. The molecule has 0 spiro atoms. The monoisotopic (exact) mass is 467 g/mol. The van der Waals surface area contributed by atoms with E-state index in [4.69, 9.17) is 4.74 Å². The lowest BCUT2D eigenvalue weighted by Crippen LogP contribution is -2.30. The molecule has 2 aliphatic heterocycles. The van der Waals surface area contributed by atoms with Crippen LogP contribution in [0.2, 0.25) is 0 Å². The Kier molecular flexibility index (Phi) is 5.32. The maximum absolute atomic E-state index is 13.4. The van der Waals surface area contributed by atoms with Gasteiger partial charge in [-0.1, -0.05) is 30.4 Å². The average Bonchev–Trinajstić information content (AvgIpc) is 3.27. The highest BCUT2D eigenvalue weighted by atomic mass is 19.4. The van der Waals surface area contributed by atoms with E-state index in [9.17, 15) is 39.5 Å². The van der Waals surface area contributed by atoms with Crippen molar-refractivity contribution in [2.75, 3.05) is 6.73 Å². The van der Waals surface area contributed by atoms with Gasteiger partial charge in [0.25, 0.3) is 0 Å². The van der Waals surface area contributed by atoms with E-state index < -0.39 is 53.4 Å². The molecule has 2 aromatic rings. The third-order valence-electron chi connectivity index (χ3n) is 5.47. The predicted molar refractivity (Wildman–Crippen MR) is 94.1 cm³/mol. The van der Waals surface area contributed by atoms with E-state index in [1.807, 2.05) is 0 Å². The molecule has 0 saturated carbocycles. The fraction of sp³-hybridized carbons (Fsp3) is 0.333. The fourth-order valence-electron chi connectivity index (χ4n) is 4.06. The van der Waals surface area contributed by atoms with Gasteiger partial charge in [0.1, 0.15) is 12.8 Å². The molecular formula is C21H14F9NO. The molecule has 0 amide bonds. The minimum Gasteiger partial charge on any atom is -0.356 e. The Morgan fingerprint density at radius 3 is 1.91 bits per heavy atom. The molecule has 32 heavy (non-hydrogen) atoms. The summed E-state index contributed by atoms with van der Waals surface area (Å²) in [6, 6.07) is 4.29. The van der Waals surface area contributed by atoms with Crippen LogP contribution in [0.15, 0.2) is 54.6 Å². The van der Waals surface area contributed by atoms with Crippen molar-refractivity contribution in [2.24, 2.45) is 0 Å². The second-order valence-corrected chi connectivity index (χ2v) is 7.48. The van der Waals surface area contributed by atoms with Crippen molar-refractivity contribution < 1.29 is 44.3 Å². The molecule has 0 aromatic heterocycles. The number of ether oxygens (including phenoxy) is 1. The van der Waals surface area contributed by atoms with Crippen LogP contribution in [0.1, 0.15) is 40.0 Å². The topological polar surface area (TPSA) is 12.5 Å². The first kappa shape index (κ1) is 22.7. The molecule has 172 valence electrons. The van der Waals surface area contributed by atoms with Gasteiger partial charge in [-0.25, -0.2) is 0 Å². The lowest BCUT2D eigenvalue weighted by atomic mass is 9.97. The van der Waals surface area contributed by atoms with Gasteiger partial charge in [0, 0.05) is 0 Å². The van der Waals surface area contributed by atoms with Gasteiger partial charge >= 0.3 is 18.5 Å². The van der Waals surface area contributed by atoms with Gasteiger partial charge in [0.2, 0.25) is 0 Å². The number of halogens is 9. The van der Waals surface area contributed by atoms with Gasteiger partial charge in [-0.2, -0.15) is 39.5 Å². The first-order valence-electron chi connectivity index (χ1n) is 9.28. The van der Waals surface area contributed by atoms with E-state index in [1.165, 1.54) is 35.3 Å². The largest absolute Gasteiger partial charge is 0.416 e. The summed E-state index contributed by atoms with van der Waals surface area (Å²) in [6.07, 6.45) is -13.0. The summed E-state index contributed by atoms with van der Waals surface area (Å²) < 4.78 is 125. The molecular weight excluding hydrogens is 453 g/mol. The molecule has 11 heteroatoms. The number of hydrogen-bond acceptors (Lipinski definition) is 2. The summed E-state index contributed by atoms with van der Waals surface area (Å²) in [6.45, 7) is -0.267. The van der Waals surface area contributed by atoms with Gasteiger partial charge in [-0.3, -0.25) is 4.90 Å². The van der Waals surface area contributed by atoms with Crippen LogP contribution in [-0.4, -0.2) is 17.7 Å². The molecule has 1 fully saturated rings. The third kappa shape index (κ3) is 4.11. The number of nitrogens with zero attached hydrogens (tertiary/aromatic N) is 1. The molecule has 1 saturated heterocycles. The molecule has 0 aliphatic carbocycles. The molecule has 3 atom stereocenters. The maximum atomic E-state index is 13.4. The minimum atomic E-state index is -5.02. The van der Waals surface area contributed by atoms with Crippen LogP contribution in [0.5, 0.6) is 0 Å². The van der Waals surface area contributed by atoms with Gasteiger partial charge in [0.05, 0.1) is 28.8 Å². The highest BCUT2D eigenvalue weighted by molar-refractivity contribution is 5.40. The zero-order valence-electron chi connectivity index (χ0n) is 15.9. The Balaban J connectivity index is 1.70. The molecule has 2 aromatic carbocycles. The summed E-state index contributed by atoms with van der Waals surface area (Å²) in [5.74, 6) is 0. The Morgan fingerprint density at radius 2 is 1.34 bits per heavy atom. The number of hydrogen-bond donors (Lipinski definition) is 0. The molecule has 0 radical (unpaired) electrons. The summed E-state index contributed by atoms with van der Waals surface area (Å²) >= 11 is 0. The zero-order valence-corrected chi connectivity index (χ0v) is 15.9. The standard InChI is InChI=1S/C21H14F9NO/c22-19(23,24)12-7-11(8-13(9-12)20(25,26)27)18-17-6-5-16(31(17)10-32-18)14-3-1-2-4-15(14)21(28,29)30/h1-9,16-18H,10H2/t16-,17-,18+/m0/s1. The van der Waals surface area contributed by atoms with Crippen molar-refractivity contribution in [2.45, 2.75) is 36.7 Å². The van der Waals surface area contributed by atoms with Crippen molar-refractivity contribution in [3.8, 4) is 0 Å².